The Bertz CT molecular complexity index is 799. The summed E-state index contributed by atoms with van der Waals surface area (Å²) in [4.78, 5) is 27.3. The van der Waals surface area contributed by atoms with Gasteiger partial charge in [-0.1, -0.05) is 18.2 Å². The second-order valence-electron chi connectivity index (χ2n) is 6.09. The Morgan fingerprint density at radius 1 is 1.23 bits per heavy atom. The molecule has 0 spiro atoms. The minimum Gasteiger partial charge on any atom is -0.352 e. The highest BCUT2D eigenvalue weighted by molar-refractivity contribution is 7.16. The Kier molecular flexibility index (Phi) is 7.09. The molecule has 1 aromatic heterocycles. The summed E-state index contributed by atoms with van der Waals surface area (Å²) >= 11 is 1.41. The van der Waals surface area contributed by atoms with E-state index in [-0.39, 0.29) is 30.2 Å². The van der Waals surface area contributed by atoms with Crippen LogP contribution in [0.3, 0.4) is 0 Å². The molecule has 0 bridgehead atoms. The number of carbonyl (C=O) groups is 2. The lowest BCUT2D eigenvalue weighted by Crippen LogP contribution is -2.42. The molecule has 26 heavy (non-hydrogen) atoms. The van der Waals surface area contributed by atoms with Crippen molar-refractivity contribution < 1.29 is 14.0 Å². The van der Waals surface area contributed by atoms with Gasteiger partial charge < -0.3 is 10.2 Å². The van der Waals surface area contributed by atoms with Gasteiger partial charge in [0.2, 0.25) is 11.8 Å². The molecule has 0 aliphatic carbocycles. The van der Waals surface area contributed by atoms with Crippen molar-refractivity contribution in [1.29, 1.82) is 0 Å². The first-order valence-electron chi connectivity index (χ1n) is 8.51. The number of nitrogens with one attached hydrogen (secondary N) is 1. The molecule has 2 aromatic rings. The third kappa shape index (κ3) is 5.52. The summed E-state index contributed by atoms with van der Waals surface area (Å²) < 4.78 is 13.9. The van der Waals surface area contributed by atoms with Crippen molar-refractivity contribution in [2.75, 3.05) is 13.1 Å². The van der Waals surface area contributed by atoms with Gasteiger partial charge in [-0.05, 0) is 45.0 Å². The third-order valence-electron chi connectivity index (χ3n) is 3.63. The van der Waals surface area contributed by atoms with Crippen LogP contribution in [0.25, 0.3) is 16.5 Å². The molecule has 0 unspecified atom stereocenters. The van der Waals surface area contributed by atoms with Crippen molar-refractivity contribution in [2.45, 2.75) is 26.8 Å². The van der Waals surface area contributed by atoms with Gasteiger partial charge in [-0.25, -0.2) is 4.39 Å². The van der Waals surface area contributed by atoms with Gasteiger partial charge in [-0.15, -0.1) is 11.3 Å². The van der Waals surface area contributed by atoms with E-state index in [9.17, 15) is 14.0 Å². The number of nitrogens with zero attached hydrogens (tertiary/aromatic N) is 1. The number of carbonyl (C=O) groups excluding carboxylic acids is 2. The van der Waals surface area contributed by atoms with Gasteiger partial charge in [0.15, 0.2) is 0 Å². The van der Waals surface area contributed by atoms with E-state index >= 15 is 0 Å². The van der Waals surface area contributed by atoms with Gasteiger partial charge in [-0.3, -0.25) is 9.59 Å². The molecule has 0 saturated carbocycles. The molecule has 4 nitrogen and oxygen atoms in total. The van der Waals surface area contributed by atoms with Crippen LogP contribution < -0.4 is 5.32 Å². The van der Waals surface area contributed by atoms with E-state index < -0.39 is 0 Å². The summed E-state index contributed by atoms with van der Waals surface area (Å²) in [5, 5.41) is 2.77. The first-order chi connectivity index (χ1) is 12.4. The van der Waals surface area contributed by atoms with Gasteiger partial charge in [0.05, 0.1) is 6.54 Å². The standard InChI is InChI=1S/C20H23FN2O2S/c1-4-23(13-19(24)22-14(2)3)20(25)12-10-15-9-11-18(26-15)16-7-5-6-8-17(16)21/h5-12,14H,4,13H2,1-3H3,(H,22,24). The molecule has 0 fully saturated rings. The molecule has 1 heterocycles. The summed E-state index contributed by atoms with van der Waals surface area (Å²) in [6, 6.07) is 10.3. The van der Waals surface area contributed by atoms with Crippen molar-refractivity contribution in [1.82, 2.24) is 10.2 Å². The van der Waals surface area contributed by atoms with Crippen LogP contribution in [0.15, 0.2) is 42.5 Å². The highest BCUT2D eigenvalue weighted by atomic mass is 32.1. The average Bonchev–Trinajstić information content (AvgIpc) is 3.06. The van der Waals surface area contributed by atoms with Crippen molar-refractivity contribution in [2.24, 2.45) is 0 Å². The fraction of sp³-hybridized carbons (Fsp3) is 0.300. The molecular formula is C20H23FN2O2S. The molecule has 2 rings (SSSR count). The molecule has 0 saturated heterocycles. The number of hydrogen-bond acceptors (Lipinski definition) is 3. The number of benzene rings is 1. The predicted molar refractivity (Wildman–Crippen MR) is 104 cm³/mol. The smallest absolute Gasteiger partial charge is 0.247 e. The molecule has 1 aromatic carbocycles. The zero-order valence-corrected chi connectivity index (χ0v) is 16.0. The van der Waals surface area contributed by atoms with E-state index in [2.05, 4.69) is 5.32 Å². The van der Waals surface area contributed by atoms with Gasteiger partial charge in [0, 0.05) is 34.0 Å². The average molecular weight is 374 g/mol. The fourth-order valence-electron chi connectivity index (χ4n) is 2.39. The molecule has 0 aliphatic rings. The Hall–Kier alpha value is -2.47. The lowest BCUT2D eigenvalue weighted by molar-refractivity contribution is -0.132. The van der Waals surface area contributed by atoms with Crippen LogP contribution in [0.4, 0.5) is 4.39 Å². The maximum absolute atomic E-state index is 13.9. The SMILES string of the molecule is CCN(CC(=O)NC(C)C)C(=O)C=Cc1ccc(-c2ccccc2F)s1. The monoisotopic (exact) mass is 374 g/mol. The first-order valence-corrected chi connectivity index (χ1v) is 9.33. The second kappa shape index (κ2) is 9.29. The number of thiophene rings is 1. The van der Waals surface area contributed by atoms with Crippen molar-refractivity contribution >= 4 is 29.2 Å². The molecule has 1 N–H and O–H groups in total. The normalized spacial score (nSPS) is 11.1. The topological polar surface area (TPSA) is 49.4 Å². The van der Waals surface area contributed by atoms with Gasteiger partial charge in [-0.2, -0.15) is 0 Å². The molecule has 0 atom stereocenters. The highest BCUT2D eigenvalue weighted by Crippen LogP contribution is 2.30. The maximum Gasteiger partial charge on any atom is 0.247 e. The van der Waals surface area contributed by atoms with E-state index in [0.717, 1.165) is 9.75 Å². The summed E-state index contributed by atoms with van der Waals surface area (Å²) in [6.45, 7) is 6.05. The number of amides is 2. The van der Waals surface area contributed by atoms with Crippen LogP contribution in [-0.4, -0.2) is 35.8 Å². The maximum atomic E-state index is 13.9. The van der Waals surface area contributed by atoms with E-state index in [1.807, 2.05) is 32.9 Å². The summed E-state index contributed by atoms with van der Waals surface area (Å²) in [6.07, 6.45) is 3.14. The molecule has 2 amide bonds. The Morgan fingerprint density at radius 3 is 2.62 bits per heavy atom. The van der Waals surface area contributed by atoms with Gasteiger partial charge in [0.1, 0.15) is 5.82 Å². The van der Waals surface area contributed by atoms with Crippen molar-refractivity contribution in [3.63, 3.8) is 0 Å². The van der Waals surface area contributed by atoms with E-state index in [1.165, 1.54) is 28.4 Å². The summed E-state index contributed by atoms with van der Waals surface area (Å²) in [5.74, 6) is -0.678. The summed E-state index contributed by atoms with van der Waals surface area (Å²) in [7, 11) is 0. The van der Waals surface area contributed by atoms with Crippen LogP contribution in [0, 0.1) is 5.82 Å². The van der Waals surface area contributed by atoms with E-state index in [1.54, 1.807) is 24.3 Å². The largest absolute Gasteiger partial charge is 0.352 e. The van der Waals surface area contributed by atoms with Crippen molar-refractivity contribution in [3.8, 4) is 10.4 Å². The molecular weight excluding hydrogens is 351 g/mol. The minimum absolute atomic E-state index is 0.0305. The lowest BCUT2D eigenvalue weighted by atomic mass is 10.2. The van der Waals surface area contributed by atoms with E-state index in [4.69, 9.17) is 0 Å². The fourth-order valence-corrected chi connectivity index (χ4v) is 3.33. The molecule has 138 valence electrons. The second-order valence-corrected chi connectivity index (χ2v) is 7.21. The zero-order chi connectivity index (χ0) is 19.1. The number of likely N-dealkylation sites (N-methyl/N-ethyl adjacent to an activating group) is 1. The number of rotatable bonds is 7. The number of halogens is 1. The van der Waals surface area contributed by atoms with Crippen LogP contribution in [0.5, 0.6) is 0 Å². The van der Waals surface area contributed by atoms with Crippen LogP contribution in [-0.2, 0) is 9.59 Å². The highest BCUT2D eigenvalue weighted by Gasteiger charge is 2.14. The van der Waals surface area contributed by atoms with Crippen LogP contribution in [0.2, 0.25) is 0 Å². The molecule has 6 heteroatoms. The summed E-state index contributed by atoms with van der Waals surface area (Å²) in [5.41, 5.74) is 0.545. The predicted octanol–water partition coefficient (Wildman–Crippen LogP) is 3.94. The quantitative estimate of drug-likeness (QED) is 0.746. The van der Waals surface area contributed by atoms with Gasteiger partial charge in [0.25, 0.3) is 0 Å². The Balaban J connectivity index is 2.03. The third-order valence-corrected chi connectivity index (χ3v) is 4.72. The van der Waals surface area contributed by atoms with E-state index in [0.29, 0.717) is 12.1 Å². The molecule has 0 aliphatic heterocycles. The minimum atomic E-state index is -0.269. The van der Waals surface area contributed by atoms with Gasteiger partial charge >= 0.3 is 0 Å². The molecule has 0 radical (unpaired) electrons. The Labute approximate surface area is 157 Å². The van der Waals surface area contributed by atoms with Crippen molar-refractivity contribution in [3.05, 3.63) is 53.2 Å². The lowest BCUT2D eigenvalue weighted by Gasteiger charge is -2.19. The Morgan fingerprint density at radius 2 is 1.96 bits per heavy atom. The van der Waals surface area contributed by atoms with Crippen LogP contribution >= 0.6 is 11.3 Å². The van der Waals surface area contributed by atoms with Crippen LogP contribution in [0.1, 0.15) is 25.6 Å². The first kappa shape index (κ1) is 19.8. The number of hydrogen-bond donors (Lipinski definition) is 1. The zero-order valence-electron chi connectivity index (χ0n) is 15.2.